The molecule has 0 unspecified atom stereocenters. The Balaban J connectivity index is 2.08. The van der Waals surface area contributed by atoms with Crippen LogP contribution in [0.4, 0.5) is 8.78 Å². The highest BCUT2D eigenvalue weighted by Gasteiger charge is 2.14. The molecule has 0 N–H and O–H groups in total. The van der Waals surface area contributed by atoms with Crippen molar-refractivity contribution < 1.29 is 18.3 Å². The quantitative estimate of drug-likeness (QED) is 0.850. The highest BCUT2D eigenvalue weighted by Crippen LogP contribution is 2.17. The Morgan fingerprint density at radius 2 is 2.19 bits per heavy atom. The molecular formula is C14H15F2N3O2. The summed E-state index contributed by atoms with van der Waals surface area (Å²) in [6.45, 7) is -2.58. The average Bonchev–Trinajstić information content (AvgIpc) is 2.82. The number of ether oxygens (including phenoxy) is 1. The summed E-state index contributed by atoms with van der Waals surface area (Å²) in [5, 5.41) is 4.18. The molecule has 5 nitrogen and oxygen atoms in total. The number of alkyl halides is 2. The van der Waals surface area contributed by atoms with E-state index in [1.165, 1.54) is 23.1 Å². The van der Waals surface area contributed by atoms with E-state index in [-0.39, 0.29) is 17.2 Å². The first-order valence-electron chi connectivity index (χ1n) is 6.24. The van der Waals surface area contributed by atoms with E-state index in [9.17, 15) is 13.6 Å². The minimum atomic E-state index is -2.92. The SMILES string of the molecule is CN(Cc1ccn(C)n1)C(=O)c1cccc(OC(F)F)c1. The molecule has 0 aliphatic rings. The van der Waals surface area contributed by atoms with Crippen molar-refractivity contribution in [3.63, 3.8) is 0 Å². The van der Waals surface area contributed by atoms with Crippen LogP contribution in [0, 0.1) is 0 Å². The topological polar surface area (TPSA) is 47.4 Å². The number of carbonyl (C=O) groups is 1. The zero-order chi connectivity index (χ0) is 15.4. The van der Waals surface area contributed by atoms with Crippen LogP contribution in [0.15, 0.2) is 36.5 Å². The average molecular weight is 295 g/mol. The lowest BCUT2D eigenvalue weighted by atomic mass is 10.2. The van der Waals surface area contributed by atoms with Gasteiger partial charge in [0.2, 0.25) is 0 Å². The number of aromatic nitrogens is 2. The maximum absolute atomic E-state index is 12.2. The lowest BCUT2D eigenvalue weighted by Crippen LogP contribution is -2.26. The van der Waals surface area contributed by atoms with Gasteiger partial charge in [-0.05, 0) is 24.3 Å². The van der Waals surface area contributed by atoms with Gasteiger partial charge in [0.1, 0.15) is 5.75 Å². The van der Waals surface area contributed by atoms with Crippen molar-refractivity contribution in [2.75, 3.05) is 7.05 Å². The summed E-state index contributed by atoms with van der Waals surface area (Å²) in [4.78, 5) is 13.7. The predicted octanol–water partition coefficient (Wildman–Crippen LogP) is 2.29. The lowest BCUT2D eigenvalue weighted by Gasteiger charge is -2.16. The van der Waals surface area contributed by atoms with E-state index in [2.05, 4.69) is 9.84 Å². The molecule has 2 aromatic rings. The Kier molecular flexibility index (Phi) is 4.52. The van der Waals surface area contributed by atoms with E-state index in [0.717, 1.165) is 5.69 Å². The molecule has 21 heavy (non-hydrogen) atoms. The third-order valence-electron chi connectivity index (χ3n) is 2.82. The van der Waals surface area contributed by atoms with E-state index >= 15 is 0 Å². The molecule has 0 saturated heterocycles. The van der Waals surface area contributed by atoms with Crippen LogP contribution in [-0.2, 0) is 13.6 Å². The van der Waals surface area contributed by atoms with Crippen LogP contribution in [0.5, 0.6) is 5.75 Å². The van der Waals surface area contributed by atoms with Gasteiger partial charge >= 0.3 is 6.61 Å². The molecule has 0 aliphatic carbocycles. The highest BCUT2D eigenvalue weighted by molar-refractivity contribution is 5.94. The number of carbonyl (C=O) groups excluding carboxylic acids is 1. The summed E-state index contributed by atoms with van der Waals surface area (Å²) in [6.07, 6.45) is 1.78. The van der Waals surface area contributed by atoms with Gasteiger partial charge in [-0.2, -0.15) is 13.9 Å². The molecule has 1 amide bonds. The molecule has 0 saturated carbocycles. The van der Waals surface area contributed by atoms with Gasteiger partial charge in [-0.25, -0.2) is 0 Å². The van der Waals surface area contributed by atoms with Crippen LogP contribution in [0.2, 0.25) is 0 Å². The van der Waals surface area contributed by atoms with Crippen molar-refractivity contribution in [3.05, 3.63) is 47.8 Å². The van der Waals surface area contributed by atoms with Crippen molar-refractivity contribution in [1.29, 1.82) is 0 Å². The van der Waals surface area contributed by atoms with Crippen molar-refractivity contribution in [2.24, 2.45) is 7.05 Å². The third-order valence-corrected chi connectivity index (χ3v) is 2.82. The summed E-state index contributed by atoms with van der Waals surface area (Å²) in [5.74, 6) is -0.331. The predicted molar refractivity (Wildman–Crippen MR) is 72.1 cm³/mol. The zero-order valence-corrected chi connectivity index (χ0v) is 11.7. The molecule has 1 heterocycles. The number of nitrogens with zero attached hydrogens (tertiary/aromatic N) is 3. The van der Waals surface area contributed by atoms with Crippen LogP contribution in [0.1, 0.15) is 16.1 Å². The number of hydrogen-bond acceptors (Lipinski definition) is 3. The molecule has 2 rings (SSSR count). The first-order valence-corrected chi connectivity index (χ1v) is 6.24. The van der Waals surface area contributed by atoms with Gasteiger partial charge in [-0.15, -0.1) is 0 Å². The second-order valence-electron chi connectivity index (χ2n) is 4.55. The Morgan fingerprint density at radius 1 is 1.43 bits per heavy atom. The molecule has 0 spiro atoms. The zero-order valence-electron chi connectivity index (χ0n) is 11.7. The maximum Gasteiger partial charge on any atom is 0.387 e. The van der Waals surface area contributed by atoms with Crippen LogP contribution < -0.4 is 4.74 Å². The summed E-state index contributed by atoms with van der Waals surface area (Å²) in [5.41, 5.74) is 1.03. The third kappa shape index (κ3) is 4.01. The Hall–Kier alpha value is -2.44. The Labute approximate surface area is 120 Å². The van der Waals surface area contributed by atoms with Crippen molar-refractivity contribution in [1.82, 2.24) is 14.7 Å². The molecule has 1 aromatic heterocycles. The molecule has 0 bridgehead atoms. The Morgan fingerprint density at radius 3 is 2.81 bits per heavy atom. The minimum Gasteiger partial charge on any atom is -0.435 e. The van der Waals surface area contributed by atoms with Crippen LogP contribution in [0.3, 0.4) is 0 Å². The van der Waals surface area contributed by atoms with Gasteiger partial charge in [-0.1, -0.05) is 6.07 Å². The second kappa shape index (κ2) is 6.34. The van der Waals surface area contributed by atoms with Gasteiger partial charge < -0.3 is 9.64 Å². The van der Waals surface area contributed by atoms with E-state index in [1.807, 2.05) is 0 Å². The molecule has 7 heteroatoms. The van der Waals surface area contributed by atoms with E-state index in [0.29, 0.717) is 6.54 Å². The van der Waals surface area contributed by atoms with E-state index in [1.54, 1.807) is 37.1 Å². The number of halogens is 2. The molecule has 0 fully saturated rings. The molecule has 112 valence electrons. The fourth-order valence-corrected chi connectivity index (χ4v) is 1.89. The number of benzene rings is 1. The monoisotopic (exact) mass is 295 g/mol. The molecule has 0 aliphatic heterocycles. The standard InChI is InChI=1S/C14H15F2N3O2/c1-18(9-11-6-7-19(2)17-11)13(20)10-4-3-5-12(8-10)21-14(15)16/h3-8,14H,9H2,1-2H3. The number of hydrogen-bond donors (Lipinski definition) is 0. The van der Waals surface area contributed by atoms with Gasteiger partial charge in [-0.3, -0.25) is 9.48 Å². The van der Waals surface area contributed by atoms with Crippen molar-refractivity contribution in [2.45, 2.75) is 13.2 Å². The molecular weight excluding hydrogens is 280 g/mol. The summed E-state index contributed by atoms with van der Waals surface area (Å²) < 4.78 is 30.3. The molecule has 0 radical (unpaired) electrons. The van der Waals surface area contributed by atoms with Crippen LogP contribution >= 0.6 is 0 Å². The first-order chi connectivity index (χ1) is 9.95. The fourth-order valence-electron chi connectivity index (χ4n) is 1.89. The van der Waals surface area contributed by atoms with Gasteiger partial charge in [0.05, 0.1) is 12.2 Å². The molecule has 1 aromatic carbocycles. The maximum atomic E-state index is 12.2. The fraction of sp³-hybridized carbons (Fsp3) is 0.286. The highest BCUT2D eigenvalue weighted by atomic mass is 19.3. The molecule has 0 atom stereocenters. The van der Waals surface area contributed by atoms with Crippen LogP contribution in [0.25, 0.3) is 0 Å². The Bertz CT molecular complexity index is 628. The normalized spacial score (nSPS) is 10.7. The number of amides is 1. The van der Waals surface area contributed by atoms with Crippen molar-refractivity contribution >= 4 is 5.91 Å². The summed E-state index contributed by atoms with van der Waals surface area (Å²) >= 11 is 0. The van der Waals surface area contributed by atoms with Gasteiger partial charge in [0.15, 0.2) is 0 Å². The number of aryl methyl sites for hydroxylation is 1. The summed E-state index contributed by atoms with van der Waals surface area (Å²) in [7, 11) is 3.41. The number of rotatable bonds is 5. The van der Waals surface area contributed by atoms with Crippen LogP contribution in [-0.4, -0.2) is 34.2 Å². The largest absolute Gasteiger partial charge is 0.435 e. The van der Waals surface area contributed by atoms with Crippen molar-refractivity contribution in [3.8, 4) is 5.75 Å². The minimum absolute atomic E-state index is 0.0397. The van der Waals surface area contributed by atoms with Gasteiger partial charge in [0, 0.05) is 25.9 Å². The van der Waals surface area contributed by atoms with E-state index < -0.39 is 6.61 Å². The smallest absolute Gasteiger partial charge is 0.387 e. The summed E-state index contributed by atoms with van der Waals surface area (Å²) in [6, 6.07) is 7.53. The van der Waals surface area contributed by atoms with E-state index in [4.69, 9.17) is 0 Å². The lowest BCUT2D eigenvalue weighted by molar-refractivity contribution is -0.0499. The second-order valence-corrected chi connectivity index (χ2v) is 4.55. The first kappa shape index (κ1) is 15.0. The van der Waals surface area contributed by atoms with Gasteiger partial charge in [0.25, 0.3) is 5.91 Å².